The Kier molecular flexibility index (Phi) is 3.87. The predicted octanol–water partition coefficient (Wildman–Crippen LogP) is 3.91. The van der Waals surface area contributed by atoms with Gasteiger partial charge in [0, 0.05) is 17.1 Å². The lowest BCUT2D eigenvalue weighted by Gasteiger charge is -2.11. The van der Waals surface area contributed by atoms with E-state index in [-0.39, 0.29) is 12.3 Å². The van der Waals surface area contributed by atoms with Crippen molar-refractivity contribution in [2.75, 3.05) is 0 Å². The van der Waals surface area contributed by atoms with Gasteiger partial charge in [0.1, 0.15) is 22.5 Å². The Balaban J connectivity index is 1.93. The number of hydrogen-bond donors (Lipinski definition) is 2. The Bertz CT molecular complexity index is 1060. The molecule has 0 aliphatic heterocycles. The van der Waals surface area contributed by atoms with Gasteiger partial charge in [0.25, 0.3) is 0 Å². The first-order valence-corrected chi connectivity index (χ1v) is 8.18. The molecule has 1 aromatic heterocycles. The van der Waals surface area contributed by atoms with E-state index >= 15 is 0 Å². The van der Waals surface area contributed by atoms with Gasteiger partial charge in [-0.1, -0.05) is 41.9 Å². The topological polar surface area (TPSA) is 77.0 Å². The standard InChI is InChI=1S/C19H15ClN4O/c20-15-6-7-16-17(10-15)23-24(22-16)18-9-13(8-14(11-21)19(18)25)12-4-2-1-3-5-12/h1-10,25H,11,21H2. The second-order valence-corrected chi connectivity index (χ2v) is 6.13. The minimum atomic E-state index is 0.0774. The van der Waals surface area contributed by atoms with Crippen LogP contribution in [-0.2, 0) is 6.54 Å². The van der Waals surface area contributed by atoms with Crippen LogP contribution in [0.15, 0.2) is 60.7 Å². The maximum absolute atomic E-state index is 10.6. The second-order valence-electron chi connectivity index (χ2n) is 5.70. The number of aromatic nitrogens is 3. The number of aromatic hydroxyl groups is 1. The van der Waals surface area contributed by atoms with Crippen molar-refractivity contribution in [1.82, 2.24) is 15.0 Å². The van der Waals surface area contributed by atoms with E-state index < -0.39 is 0 Å². The van der Waals surface area contributed by atoms with Gasteiger partial charge in [-0.15, -0.1) is 15.0 Å². The first-order chi connectivity index (χ1) is 12.2. The van der Waals surface area contributed by atoms with Crippen LogP contribution in [-0.4, -0.2) is 20.1 Å². The third-order valence-corrected chi connectivity index (χ3v) is 4.29. The van der Waals surface area contributed by atoms with E-state index in [1.807, 2.05) is 42.5 Å². The number of nitrogens with zero attached hydrogens (tertiary/aromatic N) is 3. The zero-order valence-corrected chi connectivity index (χ0v) is 14.0. The van der Waals surface area contributed by atoms with Gasteiger partial charge >= 0.3 is 0 Å². The van der Waals surface area contributed by atoms with Crippen molar-refractivity contribution >= 4 is 22.6 Å². The Morgan fingerprint density at radius 3 is 2.44 bits per heavy atom. The predicted molar refractivity (Wildman–Crippen MR) is 98.9 cm³/mol. The summed E-state index contributed by atoms with van der Waals surface area (Å²) in [6, 6.07) is 18.9. The number of fused-ring (bicyclic) bond motifs is 1. The van der Waals surface area contributed by atoms with E-state index in [1.165, 1.54) is 4.80 Å². The molecule has 0 unspecified atom stereocenters. The van der Waals surface area contributed by atoms with Gasteiger partial charge in [0.2, 0.25) is 0 Å². The molecule has 124 valence electrons. The van der Waals surface area contributed by atoms with Crippen molar-refractivity contribution in [3.05, 3.63) is 71.2 Å². The second kappa shape index (κ2) is 6.20. The molecule has 0 saturated carbocycles. The molecule has 4 aromatic rings. The highest BCUT2D eigenvalue weighted by atomic mass is 35.5. The number of phenolic OH excluding ortho intramolecular Hbond substituents is 1. The first-order valence-electron chi connectivity index (χ1n) is 7.80. The van der Waals surface area contributed by atoms with Crippen molar-refractivity contribution < 1.29 is 5.11 Å². The van der Waals surface area contributed by atoms with Crippen molar-refractivity contribution in [2.45, 2.75) is 6.54 Å². The van der Waals surface area contributed by atoms with Crippen LogP contribution in [0.2, 0.25) is 5.02 Å². The zero-order chi connectivity index (χ0) is 17.4. The quantitative estimate of drug-likeness (QED) is 0.587. The van der Waals surface area contributed by atoms with Gasteiger partial charge in [-0.05, 0) is 41.5 Å². The smallest absolute Gasteiger partial charge is 0.147 e. The van der Waals surface area contributed by atoms with Crippen LogP contribution in [0.25, 0.3) is 27.8 Å². The number of halogens is 1. The molecule has 0 radical (unpaired) electrons. The third kappa shape index (κ3) is 2.84. The molecule has 0 atom stereocenters. The Hall–Kier alpha value is -2.89. The minimum Gasteiger partial charge on any atom is -0.505 e. The van der Waals surface area contributed by atoms with Crippen molar-refractivity contribution in [1.29, 1.82) is 0 Å². The zero-order valence-electron chi connectivity index (χ0n) is 13.2. The summed E-state index contributed by atoms with van der Waals surface area (Å²) in [5.41, 5.74) is 10.2. The van der Waals surface area contributed by atoms with Crippen LogP contribution in [0.3, 0.4) is 0 Å². The van der Waals surface area contributed by atoms with Crippen molar-refractivity contribution in [3.63, 3.8) is 0 Å². The van der Waals surface area contributed by atoms with Crippen LogP contribution in [0.4, 0.5) is 0 Å². The average Bonchev–Trinajstić information content (AvgIpc) is 3.05. The summed E-state index contributed by atoms with van der Waals surface area (Å²) in [5.74, 6) is 0.0774. The van der Waals surface area contributed by atoms with Crippen molar-refractivity contribution in [2.24, 2.45) is 5.73 Å². The molecular weight excluding hydrogens is 336 g/mol. The Labute approximate surface area is 149 Å². The molecule has 6 heteroatoms. The Morgan fingerprint density at radius 2 is 1.68 bits per heavy atom. The lowest BCUT2D eigenvalue weighted by atomic mass is 10.0. The molecular formula is C19H15ClN4O. The molecule has 0 saturated heterocycles. The summed E-state index contributed by atoms with van der Waals surface area (Å²) < 4.78 is 0. The van der Waals surface area contributed by atoms with Crippen LogP contribution < -0.4 is 5.73 Å². The minimum absolute atomic E-state index is 0.0774. The molecule has 0 bridgehead atoms. The SMILES string of the molecule is NCc1cc(-c2ccccc2)cc(-n2nc3ccc(Cl)cc3n2)c1O. The first kappa shape index (κ1) is 15.6. The van der Waals surface area contributed by atoms with E-state index in [0.717, 1.165) is 11.1 Å². The van der Waals surface area contributed by atoms with E-state index in [2.05, 4.69) is 10.2 Å². The summed E-state index contributed by atoms with van der Waals surface area (Å²) in [7, 11) is 0. The fourth-order valence-corrected chi connectivity index (χ4v) is 2.94. The molecule has 3 N–H and O–H groups in total. The van der Waals surface area contributed by atoms with Gasteiger partial charge < -0.3 is 10.8 Å². The van der Waals surface area contributed by atoms with Gasteiger partial charge in [-0.25, -0.2) is 0 Å². The average molecular weight is 351 g/mol. The summed E-state index contributed by atoms with van der Waals surface area (Å²) in [5, 5.41) is 20.1. The van der Waals surface area contributed by atoms with Crippen molar-refractivity contribution in [3.8, 4) is 22.6 Å². The summed E-state index contributed by atoms with van der Waals surface area (Å²) in [6.45, 7) is 0.214. The van der Waals surface area contributed by atoms with Gasteiger partial charge in [0.15, 0.2) is 0 Å². The highest BCUT2D eigenvalue weighted by Gasteiger charge is 2.15. The van der Waals surface area contributed by atoms with Crippen LogP contribution in [0, 0.1) is 0 Å². The number of rotatable bonds is 3. The number of hydrogen-bond acceptors (Lipinski definition) is 4. The largest absolute Gasteiger partial charge is 0.505 e. The molecule has 1 heterocycles. The monoisotopic (exact) mass is 350 g/mol. The molecule has 0 aliphatic carbocycles. The van der Waals surface area contributed by atoms with E-state index in [1.54, 1.807) is 18.2 Å². The summed E-state index contributed by atoms with van der Waals surface area (Å²) >= 11 is 6.02. The van der Waals surface area contributed by atoms with E-state index in [0.29, 0.717) is 27.3 Å². The number of benzene rings is 3. The molecule has 5 nitrogen and oxygen atoms in total. The lowest BCUT2D eigenvalue weighted by molar-refractivity contribution is 0.461. The van der Waals surface area contributed by atoms with E-state index in [4.69, 9.17) is 17.3 Å². The maximum Gasteiger partial charge on any atom is 0.147 e. The maximum atomic E-state index is 10.6. The molecule has 4 rings (SSSR count). The third-order valence-electron chi connectivity index (χ3n) is 4.05. The molecule has 0 fully saturated rings. The van der Waals surface area contributed by atoms with E-state index in [9.17, 15) is 5.11 Å². The fraction of sp³-hybridized carbons (Fsp3) is 0.0526. The lowest BCUT2D eigenvalue weighted by Crippen LogP contribution is -2.04. The molecule has 0 aliphatic rings. The fourth-order valence-electron chi connectivity index (χ4n) is 2.78. The molecule has 0 spiro atoms. The van der Waals surface area contributed by atoms with Crippen LogP contribution in [0.1, 0.15) is 5.56 Å². The van der Waals surface area contributed by atoms with Gasteiger partial charge in [0.05, 0.1) is 0 Å². The summed E-state index contributed by atoms with van der Waals surface area (Å²) in [6.07, 6.45) is 0. The highest BCUT2D eigenvalue weighted by Crippen LogP contribution is 2.32. The summed E-state index contributed by atoms with van der Waals surface area (Å²) in [4.78, 5) is 1.42. The molecule has 3 aromatic carbocycles. The molecule has 25 heavy (non-hydrogen) atoms. The van der Waals surface area contributed by atoms with Gasteiger partial charge in [-0.3, -0.25) is 0 Å². The Morgan fingerprint density at radius 1 is 0.920 bits per heavy atom. The van der Waals surface area contributed by atoms with Gasteiger partial charge in [-0.2, -0.15) is 0 Å². The number of nitrogens with two attached hydrogens (primary N) is 1. The number of phenols is 1. The van der Waals surface area contributed by atoms with Crippen LogP contribution in [0.5, 0.6) is 5.75 Å². The normalized spacial score (nSPS) is 11.1. The van der Waals surface area contributed by atoms with Crippen LogP contribution >= 0.6 is 11.6 Å². The molecule has 0 amide bonds. The highest BCUT2D eigenvalue weighted by molar-refractivity contribution is 6.31.